The van der Waals surface area contributed by atoms with Gasteiger partial charge in [-0.05, 0) is 68.2 Å². The molecule has 3 heterocycles. The number of nitrogens with zero attached hydrogens (tertiary/aromatic N) is 3. The van der Waals surface area contributed by atoms with E-state index in [1.165, 1.54) is 5.56 Å². The maximum Gasteiger partial charge on any atom is 0.335 e. The minimum atomic E-state index is -0.965. The van der Waals surface area contributed by atoms with E-state index < -0.39 is 11.8 Å². The van der Waals surface area contributed by atoms with Gasteiger partial charge < -0.3 is 28.6 Å². The van der Waals surface area contributed by atoms with Crippen molar-refractivity contribution >= 4 is 17.0 Å². The summed E-state index contributed by atoms with van der Waals surface area (Å²) in [5.74, 6) is 1.65. The minimum Gasteiger partial charge on any atom is -0.496 e. The second-order valence-electron chi connectivity index (χ2n) is 10.8. The van der Waals surface area contributed by atoms with E-state index in [0.717, 1.165) is 65.6 Å². The van der Waals surface area contributed by atoms with Crippen LogP contribution in [-0.4, -0.2) is 59.4 Å². The first kappa shape index (κ1) is 27.1. The molecular weight excluding hydrogens is 522 g/mol. The molecule has 6 rings (SSSR count). The number of benzene rings is 3. The Hall–Kier alpha value is -4.08. The van der Waals surface area contributed by atoms with Crippen LogP contribution in [0.2, 0.25) is 0 Å². The Kier molecular flexibility index (Phi) is 7.32. The van der Waals surface area contributed by atoms with Gasteiger partial charge in [-0.15, -0.1) is 0 Å². The monoisotopic (exact) mass is 557 g/mol. The molecule has 2 aliphatic heterocycles. The average Bonchev–Trinajstić information content (AvgIpc) is 3.52. The summed E-state index contributed by atoms with van der Waals surface area (Å²) in [6, 6.07) is 19.1. The lowest BCUT2D eigenvalue weighted by Gasteiger charge is -2.32. The summed E-state index contributed by atoms with van der Waals surface area (Å²) in [7, 11) is 3.32. The molecule has 1 atom stereocenters. The zero-order chi connectivity index (χ0) is 28.6. The van der Waals surface area contributed by atoms with Crippen molar-refractivity contribution in [3.63, 3.8) is 0 Å². The molecule has 1 saturated heterocycles. The molecule has 9 heteroatoms. The van der Waals surface area contributed by atoms with Crippen LogP contribution in [-0.2, 0) is 23.6 Å². The third-order valence-corrected chi connectivity index (χ3v) is 8.19. The first-order chi connectivity index (χ1) is 19.9. The molecule has 0 radical (unpaired) electrons. The zero-order valence-corrected chi connectivity index (χ0v) is 23.6. The van der Waals surface area contributed by atoms with Gasteiger partial charge in [0.1, 0.15) is 11.6 Å². The minimum absolute atomic E-state index is 0.256. The number of ether oxygens (including phenoxy) is 4. The first-order valence-corrected chi connectivity index (χ1v) is 14.0. The number of carboxylic acids is 1. The van der Waals surface area contributed by atoms with Crippen molar-refractivity contribution in [3.05, 3.63) is 83.2 Å². The van der Waals surface area contributed by atoms with Gasteiger partial charge >= 0.3 is 5.97 Å². The standard InChI is InChI=1S/C32H35N3O6/c1-32(24-8-4-5-9-27(24)39-3)40-28-10-6-7-23(30(28)41-32)21-13-15-34(16-14-21)20-29-33-25-12-11-22(31(36)37)19-26(25)35(29)17-18-38-2/h4-12,19,21H,13-18,20H2,1-3H3,(H,36,37). The second kappa shape index (κ2) is 11.1. The van der Waals surface area contributed by atoms with Crippen molar-refractivity contribution in [3.8, 4) is 17.2 Å². The van der Waals surface area contributed by atoms with Crippen LogP contribution in [0.15, 0.2) is 60.7 Å². The summed E-state index contributed by atoms with van der Waals surface area (Å²) < 4.78 is 26.0. The van der Waals surface area contributed by atoms with Gasteiger partial charge in [0.05, 0.1) is 42.4 Å². The SMILES string of the molecule is COCCn1c(CN2CCC(c3cccc4c3OC(C)(c3ccccc3OC)O4)CC2)nc2ccc(C(=O)O)cc21. The Morgan fingerprint density at radius 1 is 1.07 bits per heavy atom. The topological polar surface area (TPSA) is 95.3 Å². The quantitative estimate of drug-likeness (QED) is 0.292. The fourth-order valence-electron chi connectivity index (χ4n) is 6.06. The van der Waals surface area contributed by atoms with Gasteiger partial charge in [-0.3, -0.25) is 4.90 Å². The van der Waals surface area contributed by atoms with E-state index in [1.807, 2.05) is 43.3 Å². The first-order valence-electron chi connectivity index (χ1n) is 14.0. The van der Waals surface area contributed by atoms with Gasteiger partial charge in [0.15, 0.2) is 11.5 Å². The number of aromatic nitrogens is 2. The smallest absolute Gasteiger partial charge is 0.335 e. The van der Waals surface area contributed by atoms with E-state index in [1.54, 1.807) is 32.4 Å². The van der Waals surface area contributed by atoms with Crippen LogP contribution < -0.4 is 14.2 Å². The van der Waals surface area contributed by atoms with Crippen molar-refractivity contribution in [1.82, 2.24) is 14.5 Å². The number of carbonyl (C=O) groups is 1. The summed E-state index contributed by atoms with van der Waals surface area (Å²) in [5, 5.41) is 9.48. The third-order valence-electron chi connectivity index (χ3n) is 8.19. The molecule has 214 valence electrons. The van der Waals surface area contributed by atoms with Crippen molar-refractivity contribution in [2.24, 2.45) is 0 Å². The van der Waals surface area contributed by atoms with Gasteiger partial charge in [-0.25, -0.2) is 9.78 Å². The number of hydrogen-bond donors (Lipinski definition) is 1. The molecule has 0 amide bonds. The van der Waals surface area contributed by atoms with Gasteiger partial charge in [0, 0.05) is 26.1 Å². The van der Waals surface area contributed by atoms with Crippen molar-refractivity contribution in [1.29, 1.82) is 0 Å². The van der Waals surface area contributed by atoms with Gasteiger partial charge in [0.2, 0.25) is 0 Å². The van der Waals surface area contributed by atoms with Gasteiger partial charge in [-0.2, -0.15) is 0 Å². The van der Waals surface area contributed by atoms with Gasteiger partial charge in [0.25, 0.3) is 5.79 Å². The molecule has 0 bridgehead atoms. The summed E-state index contributed by atoms with van der Waals surface area (Å²) in [5.41, 5.74) is 3.90. The Bertz CT molecular complexity index is 1580. The fraction of sp³-hybridized carbons (Fsp3) is 0.375. The number of carboxylic acid groups (broad SMARTS) is 1. The zero-order valence-electron chi connectivity index (χ0n) is 23.6. The van der Waals surface area contributed by atoms with Crippen LogP contribution >= 0.6 is 0 Å². The van der Waals surface area contributed by atoms with Crippen LogP contribution in [0.5, 0.6) is 17.2 Å². The molecule has 1 unspecified atom stereocenters. The Morgan fingerprint density at radius 2 is 1.88 bits per heavy atom. The van der Waals surface area contributed by atoms with E-state index in [2.05, 4.69) is 15.5 Å². The maximum absolute atomic E-state index is 11.6. The number of para-hydroxylation sites is 2. The van der Waals surface area contributed by atoms with Crippen LogP contribution in [0.25, 0.3) is 11.0 Å². The lowest BCUT2D eigenvalue weighted by atomic mass is 9.88. The van der Waals surface area contributed by atoms with Crippen LogP contribution in [0.1, 0.15) is 53.0 Å². The molecule has 3 aromatic carbocycles. The summed E-state index contributed by atoms with van der Waals surface area (Å²) in [6.45, 7) is 5.57. The van der Waals surface area contributed by atoms with Crippen LogP contribution in [0.3, 0.4) is 0 Å². The molecule has 4 aromatic rings. The molecule has 1 N–H and O–H groups in total. The van der Waals surface area contributed by atoms with E-state index in [0.29, 0.717) is 25.6 Å². The molecular formula is C32H35N3O6. The Balaban J connectivity index is 1.18. The molecule has 2 aliphatic rings. The highest BCUT2D eigenvalue weighted by atomic mass is 16.7. The molecule has 1 aromatic heterocycles. The number of rotatable bonds is 9. The van der Waals surface area contributed by atoms with E-state index in [9.17, 15) is 9.90 Å². The third kappa shape index (κ3) is 5.11. The predicted molar refractivity (Wildman–Crippen MR) is 154 cm³/mol. The maximum atomic E-state index is 11.6. The van der Waals surface area contributed by atoms with Crippen molar-refractivity contribution in [2.75, 3.05) is 33.9 Å². The van der Waals surface area contributed by atoms with E-state index in [4.69, 9.17) is 23.9 Å². The molecule has 9 nitrogen and oxygen atoms in total. The molecule has 1 fully saturated rings. The summed E-state index contributed by atoms with van der Waals surface area (Å²) in [6.07, 6.45) is 1.96. The number of fused-ring (bicyclic) bond motifs is 2. The molecule has 0 aliphatic carbocycles. The van der Waals surface area contributed by atoms with E-state index in [-0.39, 0.29) is 5.56 Å². The highest BCUT2D eigenvalue weighted by Crippen LogP contribution is 2.50. The number of methoxy groups -OCH3 is 2. The number of aromatic carboxylic acids is 1. The average molecular weight is 558 g/mol. The molecule has 0 spiro atoms. The second-order valence-corrected chi connectivity index (χ2v) is 10.8. The summed E-state index contributed by atoms with van der Waals surface area (Å²) in [4.78, 5) is 18.8. The van der Waals surface area contributed by atoms with Gasteiger partial charge in [-0.1, -0.05) is 24.3 Å². The highest BCUT2D eigenvalue weighted by Gasteiger charge is 2.43. The normalized spacial score (nSPS) is 19.1. The number of hydrogen-bond acceptors (Lipinski definition) is 7. The highest BCUT2D eigenvalue weighted by molar-refractivity contribution is 5.92. The van der Waals surface area contributed by atoms with Crippen molar-refractivity contribution < 1.29 is 28.8 Å². The number of likely N-dealkylation sites (tertiary alicyclic amines) is 1. The Morgan fingerprint density at radius 3 is 2.63 bits per heavy atom. The Labute approximate surface area is 239 Å². The van der Waals surface area contributed by atoms with Crippen LogP contribution in [0.4, 0.5) is 0 Å². The lowest BCUT2D eigenvalue weighted by molar-refractivity contribution is -0.0700. The van der Waals surface area contributed by atoms with E-state index >= 15 is 0 Å². The fourth-order valence-corrected chi connectivity index (χ4v) is 6.06. The molecule has 0 saturated carbocycles. The summed E-state index contributed by atoms with van der Waals surface area (Å²) >= 11 is 0. The largest absolute Gasteiger partial charge is 0.496 e. The predicted octanol–water partition coefficient (Wildman–Crippen LogP) is 5.41. The molecule has 41 heavy (non-hydrogen) atoms. The number of piperidine rings is 1. The van der Waals surface area contributed by atoms with Crippen molar-refractivity contribution in [2.45, 2.75) is 44.6 Å². The number of imidazole rings is 1. The van der Waals surface area contributed by atoms with Crippen LogP contribution in [0, 0.1) is 0 Å². The lowest BCUT2D eigenvalue weighted by Crippen LogP contribution is -2.34.